The second kappa shape index (κ2) is 4.07. The standard InChI is InChI=1S/C9H5F5O2/c1-16-8(15)4-2-3-5(9(12,13)14)7(11)6(4)10/h2-3H,1H3. The smallest absolute Gasteiger partial charge is 0.419 e. The lowest BCUT2D eigenvalue weighted by Gasteiger charge is -2.09. The van der Waals surface area contributed by atoms with Gasteiger partial charge in [0, 0.05) is 0 Å². The van der Waals surface area contributed by atoms with E-state index < -0.39 is 34.9 Å². The van der Waals surface area contributed by atoms with E-state index in [0.717, 1.165) is 7.11 Å². The number of methoxy groups -OCH3 is 1. The predicted molar refractivity (Wildman–Crippen MR) is 42.7 cm³/mol. The van der Waals surface area contributed by atoms with E-state index in [1.807, 2.05) is 0 Å². The molecule has 0 aliphatic heterocycles. The molecule has 0 radical (unpaired) electrons. The summed E-state index contributed by atoms with van der Waals surface area (Å²) in [6, 6.07) is 0.803. The zero-order valence-electron chi connectivity index (χ0n) is 7.86. The Morgan fingerprint density at radius 3 is 2.19 bits per heavy atom. The molecule has 7 heteroatoms. The highest BCUT2D eigenvalue weighted by atomic mass is 19.4. The van der Waals surface area contributed by atoms with E-state index in [2.05, 4.69) is 4.74 Å². The van der Waals surface area contributed by atoms with Crippen LogP contribution in [0.25, 0.3) is 0 Å². The van der Waals surface area contributed by atoms with Crippen LogP contribution < -0.4 is 0 Å². The van der Waals surface area contributed by atoms with Crippen LogP contribution in [0, 0.1) is 11.6 Å². The van der Waals surface area contributed by atoms with Crippen LogP contribution in [0.15, 0.2) is 12.1 Å². The first-order valence-electron chi connectivity index (χ1n) is 3.92. The van der Waals surface area contributed by atoms with Gasteiger partial charge in [-0.3, -0.25) is 0 Å². The zero-order chi connectivity index (χ0) is 12.5. The number of esters is 1. The quantitative estimate of drug-likeness (QED) is 0.557. The summed E-state index contributed by atoms with van der Waals surface area (Å²) in [5, 5.41) is 0. The molecule has 0 fully saturated rings. The summed E-state index contributed by atoms with van der Waals surface area (Å²) in [7, 11) is 0.900. The number of halogens is 5. The monoisotopic (exact) mass is 240 g/mol. The first-order chi connectivity index (χ1) is 7.29. The van der Waals surface area contributed by atoms with Crippen molar-refractivity contribution in [3.63, 3.8) is 0 Å². The fourth-order valence-corrected chi connectivity index (χ4v) is 1.04. The SMILES string of the molecule is COC(=O)c1ccc(C(F)(F)F)c(F)c1F. The molecule has 2 nitrogen and oxygen atoms in total. The molecule has 0 aromatic heterocycles. The zero-order valence-corrected chi connectivity index (χ0v) is 7.86. The molecule has 1 aromatic carbocycles. The third-order valence-corrected chi connectivity index (χ3v) is 1.79. The minimum atomic E-state index is -5.01. The van der Waals surface area contributed by atoms with Crippen molar-refractivity contribution >= 4 is 5.97 Å². The normalized spacial score (nSPS) is 11.4. The van der Waals surface area contributed by atoms with E-state index in [0.29, 0.717) is 6.07 Å². The molecule has 0 aliphatic carbocycles. The van der Waals surface area contributed by atoms with E-state index >= 15 is 0 Å². The molecule has 16 heavy (non-hydrogen) atoms. The second-order valence-electron chi connectivity index (χ2n) is 2.78. The molecule has 0 N–H and O–H groups in total. The molecular formula is C9H5F5O2. The van der Waals surface area contributed by atoms with Crippen LogP contribution in [0.1, 0.15) is 15.9 Å². The molecule has 1 aromatic rings. The van der Waals surface area contributed by atoms with Crippen LogP contribution in [0.5, 0.6) is 0 Å². The van der Waals surface area contributed by atoms with E-state index in [1.54, 1.807) is 0 Å². The fourth-order valence-electron chi connectivity index (χ4n) is 1.04. The van der Waals surface area contributed by atoms with Crippen molar-refractivity contribution in [1.29, 1.82) is 0 Å². The first kappa shape index (κ1) is 12.4. The van der Waals surface area contributed by atoms with Gasteiger partial charge in [-0.2, -0.15) is 13.2 Å². The largest absolute Gasteiger partial charge is 0.465 e. The van der Waals surface area contributed by atoms with E-state index in [-0.39, 0.29) is 6.07 Å². The van der Waals surface area contributed by atoms with Crippen molar-refractivity contribution in [2.75, 3.05) is 7.11 Å². The van der Waals surface area contributed by atoms with Gasteiger partial charge in [-0.25, -0.2) is 13.6 Å². The summed E-state index contributed by atoms with van der Waals surface area (Å²) in [6.07, 6.45) is -5.01. The molecule has 0 saturated heterocycles. The van der Waals surface area contributed by atoms with E-state index in [1.165, 1.54) is 0 Å². The highest BCUT2D eigenvalue weighted by molar-refractivity contribution is 5.89. The molecule has 0 spiro atoms. The third kappa shape index (κ3) is 2.12. The average molecular weight is 240 g/mol. The maximum absolute atomic E-state index is 13.1. The lowest BCUT2D eigenvalue weighted by atomic mass is 10.1. The molecule has 0 saturated carbocycles. The number of carbonyl (C=O) groups excluding carboxylic acids is 1. The molecule has 0 amide bonds. The van der Waals surface area contributed by atoms with Gasteiger partial charge in [-0.05, 0) is 12.1 Å². The Labute approximate surface area is 86.6 Å². The van der Waals surface area contributed by atoms with Crippen LogP contribution in [-0.2, 0) is 10.9 Å². The number of benzene rings is 1. The number of carbonyl (C=O) groups is 1. The molecular weight excluding hydrogens is 235 g/mol. The van der Waals surface area contributed by atoms with Gasteiger partial charge in [0.05, 0.1) is 18.2 Å². The average Bonchev–Trinajstić information content (AvgIpc) is 2.19. The summed E-state index contributed by atoms with van der Waals surface area (Å²) < 4.78 is 66.4. The summed E-state index contributed by atoms with van der Waals surface area (Å²) in [5.41, 5.74) is -2.65. The van der Waals surface area contributed by atoms with Crippen molar-refractivity contribution in [1.82, 2.24) is 0 Å². The number of ether oxygens (including phenoxy) is 1. The number of hydrogen-bond acceptors (Lipinski definition) is 2. The van der Waals surface area contributed by atoms with Gasteiger partial charge in [0.2, 0.25) is 0 Å². The minimum Gasteiger partial charge on any atom is -0.465 e. The number of rotatable bonds is 1. The highest BCUT2D eigenvalue weighted by Gasteiger charge is 2.36. The van der Waals surface area contributed by atoms with Crippen LogP contribution in [0.4, 0.5) is 22.0 Å². The second-order valence-corrected chi connectivity index (χ2v) is 2.78. The predicted octanol–water partition coefficient (Wildman–Crippen LogP) is 2.77. The van der Waals surface area contributed by atoms with Crippen molar-refractivity contribution in [3.8, 4) is 0 Å². The summed E-state index contributed by atoms with van der Waals surface area (Å²) in [5.74, 6) is -5.23. The maximum Gasteiger partial charge on any atom is 0.419 e. The molecule has 0 aliphatic rings. The Hall–Kier alpha value is -1.66. The Morgan fingerprint density at radius 1 is 1.19 bits per heavy atom. The van der Waals surface area contributed by atoms with Crippen LogP contribution in [0.2, 0.25) is 0 Å². The summed E-state index contributed by atoms with van der Waals surface area (Å²) >= 11 is 0. The van der Waals surface area contributed by atoms with Crippen LogP contribution in [0.3, 0.4) is 0 Å². The van der Waals surface area contributed by atoms with Gasteiger partial charge in [0.1, 0.15) is 0 Å². The Morgan fingerprint density at radius 2 is 1.75 bits per heavy atom. The van der Waals surface area contributed by atoms with Gasteiger partial charge in [-0.1, -0.05) is 0 Å². The van der Waals surface area contributed by atoms with Crippen molar-refractivity contribution in [2.45, 2.75) is 6.18 Å². The Bertz CT molecular complexity index is 425. The number of hydrogen-bond donors (Lipinski definition) is 0. The van der Waals surface area contributed by atoms with Gasteiger partial charge >= 0.3 is 12.1 Å². The lowest BCUT2D eigenvalue weighted by molar-refractivity contribution is -0.140. The van der Waals surface area contributed by atoms with Crippen molar-refractivity contribution in [2.24, 2.45) is 0 Å². The Kier molecular flexibility index (Phi) is 3.16. The maximum atomic E-state index is 13.1. The van der Waals surface area contributed by atoms with Crippen LogP contribution in [-0.4, -0.2) is 13.1 Å². The molecule has 0 unspecified atom stereocenters. The Balaban J connectivity index is 3.35. The molecule has 0 heterocycles. The van der Waals surface area contributed by atoms with Crippen molar-refractivity contribution < 1.29 is 31.5 Å². The third-order valence-electron chi connectivity index (χ3n) is 1.79. The first-order valence-corrected chi connectivity index (χ1v) is 3.92. The minimum absolute atomic E-state index is 0.282. The summed E-state index contributed by atoms with van der Waals surface area (Å²) in [4.78, 5) is 10.8. The summed E-state index contributed by atoms with van der Waals surface area (Å²) in [6.45, 7) is 0. The van der Waals surface area contributed by atoms with Gasteiger partial charge in [0.25, 0.3) is 0 Å². The molecule has 0 bridgehead atoms. The van der Waals surface area contributed by atoms with Gasteiger partial charge < -0.3 is 4.74 Å². The van der Waals surface area contributed by atoms with Crippen LogP contribution >= 0.6 is 0 Å². The molecule has 88 valence electrons. The highest BCUT2D eigenvalue weighted by Crippen LogP contribution is 2.33. The lowest BCUT2D eigenvalue weighted by Crippen LogP contribution is -2.13. The topological polar surface area (TPSA) is 26.3 Å². The number of alkyl halides is 3. The van der Waals surface area contributed by atoms with Gasteiger partial charge in [0.15, 0.2) is 11.6 Å². The van der Waals surface area contributed by atoms with Gasteiger partial charge in [-0.15, -0.1) is 0 Å². The van der Waals surface area contributed by atoms with E-state index in [9.17, 15) is 26.7 Å². The van der Waals surface area contributed by atoms with E-state index in [4.69, 9.17) is 0 Å². The molecule has 0 atom stereocenters. The van der Waals surface area contributed by atoms with Crippen molar-refractivity contribution in [3.05, 3.63) is 34.9 Å². The molecule has 1 rings (SSSR count). The fraction of sp³-hybridized carbons (Fsp3) is 0.222.